The lowest BCUT2D eigenvalue weighted by Crippen LogP contribution is -2.26. The number of carbonyl (C=O) groups excluding carboxylic acids is 1. The summed E-state index contributed by atoms with van der Waals surface area (Å²) < 4.78 is 0. The van der Waals surface area contributed by atoms with Gasteiger partial charge in [-0.1, -0.05) is 5.10 Å². The highest BCUT2D eigenvalue weighted by Crippen LogP contribution is 2.21. The molecule has 1 aliphatic heterocycles. The zero-order valence-corrected chi connectivity index (χ0v) is 8.68. The van der Waals surface area contributed by atoms with Crippen LogP contribution in [-0.2, 0) is 11.8 Å². The Morgan fingerprint density at radius 3 is 2.93 bits per heavy atom. The number of anilines is 1. The zero-order valence-electron chi connectivity index (χ0n) is 7.79. The topological polar surface area (TPSA) is 63.9 Å². The third kappa shape index (κ3) is 1.59. The van der Waals surface area contributed by atoms with Crippen LogP contribution < -0.4 is 4.90 Å². The minimum Gasteiger partial charge on any atom is -0.278 e. The Morgan fingerprint density at radius 1 is 1.64 bits per heavy atom. The largest absolute Gasteiger partial charge is 0.278 e. The maximum atomic E-state index is 11.5. The Labute approximate surface area is 86.7 Å². The molecule has 1 fully saturated rings. The van der Waals surface area contributed by atoms with Gasteiger partial charge in [0.1, 0.15) is 0 Å². The summed E-state index contributed by atoms with van der Waals surface area (Å²) in [5.41, 5.74) is 0. The second-order valence-electron chi connectivity index (χ2n) is 3.34. The highest BCUT2D eigenvalue weighted by Gasteiger charge is 2.32. The van der Waals surface area contributed by atoms with E-state index < -0.39 is 0 Å². The van der Waals surface area contributed by atoms with Crippen LogP contribution in [0.3, 0.4) is 0 Å². The normalized spacial score (nSPS) is 22.0. The van der Waals surface area contributed by atoms with Crippen LogP contribution in [0.25, 0.3) is 0 Å². The summed E-state index contributed by atoms with van der Waals surface area (Å²) in [5.74, 6) is 1.45. The second kappa shape index (κ2) is 3.56. The maximum absolute atomic E-state index is 11.5. The molecule has 0 bridgehead atoms. The molecule has 1 aromatic rings. The van der Waals surface area contributed by atoms with Gasteiger partial charge < -0.3 is 0 Å². The van der Waals surface area contributed by atoms with Crippen LogP contribution >= 0.6 is 12.6 Å². The van der Waals surface area contributed by atoms with Crippen LogP contribution in [0.5, 0.6) is 0 Å². The molecular formula is C7H11N5OS. The highest BCUT2D eigenvalue weighted by atomic mass is 32.1. The van der Waals surface area contributed by atoms with Gasteiger partial charge in [-0.2, -0.15) is 17.4 Å². The van der Waals surface area contributed by atoms with Crippen LogP contribution in [0.15, 0.2) is 0 Å². The predicted octanol–water partition coefficient (Wildman–Crippen LogP) is -0.507. The van der Waals surface area contributed by atoms with Gasteiger partial charge in [-0.05, 0) is 16.9 Å². The number of aryl methyl sites for hydroxylation is 1. The predicted molar refractivity (Wildman–Crippen MR) is 53.1 cm³/mol. The number of rotatable bonds is 2. The van der Waals surface area contributed by atoms with E-state index in [9.17, 15) is 4.79 Å². The van der Waals surface area contributed by atoms with Crippen LogP contribution in [0.4, 0.5) is 5.95 Å². The summed E-state index contributed by atoms with van der Waals surface area (Å²) in [5, 5.41) is 11.5. The molecule has 1 saturated heterocycles. The first-order chi connectivity index (χ1) is 6.70. The molecule has 76 valence electrons. The molecule has 2 rings (SSSR count). The second-order valence-corrected chi connectivity index (χ2v) is 3.70. The first kappa shape index (κ1) is 9.45. The molecule has 0 aromatic carbocycles. The number of aromatic nitrogens is 4. The fourth-order valence-electron chi connectivity index (χ4n) is 1.48. The third-order valence-electron chi connectivity index (χ3n) is 2.20. The Kier molecular flexibility index (Phi) is 2.40. The van der Waals surface area contributed by atoms with Crippen molar-refractivity contribution in [2.45, 2.75) is 6.42 Å². The van der Waals surface area contributed by atoms with Gasteiger partial charge in [-0.25, -0.2) is 0 Å². The standard InChI is InChI=1S/C7H11N5OS/c1-11-9-7(8-10-11)12-3-5(4-14)2-6(12)13/h5,14H,2-4H2,1H3. The Morgan fingerprint density at radius 2 is 2.43 bits per heavy atom. The smallest absolute Gasteiger partial charge is 0.272 e. The molecule has 1 atom stereocenters. The number of amides is 1. The summed E-state index contributed by atoms with van der Waals surface area (Å²) in [4.78, 5) is 14.4. The van der Waals surface area contributed by atoms with Gasteiger partial charge in [0.05, 0.1) is 7.05 Å². The molecule has 7 heteroatoms. The number of hydrogen-bond donors (Lipinski definition) is 1. The van der Waals surface area contributed by atoms with Gasteiger partial charge in [0.25, 0.3) is 5.95 Å². The number of thiol groups is 1. The van der Waals surface area contributed by atoms with E-state index in [1.54, 1.807) is 11.9 Å². The SMILES string of the molecule is Cn1nnc(N2CC(CS)CC2=O)n1. The minimum atomic E-state index is 0.0528. The average Bonchev–Trinajstić information content (AvgIpc) is 2.71. The lowest BCUT2D eigenvalue weighted by molar-refractivity contribution is -0.117. The molecule has 1 amide bonds. The quantitative estimate of drug-likeness (QED) is 0.672. The molecule has 0 radical (unpaired) electrons. The van der Waals surface area contributed by atoms with Gasteiger partial charge in [0, 0.05) is 13.0 Å². The third-order valence-corrected chi connectivity index (χ3v) is 2.72. The van der Waals surface area contributed by atoms with E-state index in [1.165, 1.54) is 4.80 Å². The Bertz CT molecular complexity index is 352. The summed E-state index contributed by atoms with van der Waals surface area (Å²) in [7, 11) is 1.67. The molecule has 1 aromatic heterocycles. The molecule has 0 saturated carbocycles. The van der Waals surface area contributed by atoms with Crippen LogP contribution in [0.1, 0.15) is 6.42 Å². The molecule has 1 aliphatic rings. The summed E-state index contributed by atoms with van der Waals surface area (Å²) in [6.45, 7) is 0.647. The summed E-state index contributed by atoms with van der Waals surface area (Å²) >= 11 is 4.17. The highest BCUT2D eigenvalue weighted by molar-refractivity contribution is 7.80. The number of tetrazole rings is 1. The lowest BCUT2D eigenvalue weighted by atomic mass is 10.1. The average molecular weight is 213 g/mol. The number of nitrogens with zero attached hydrogens (tertiary/aromatic N) is 5. The van der Waals surface area contributed by atoms with E-state index in [1.807, 2.05) is 0 Å². The van der Waals surface area contributed by atoms with E-state index in [4.69, 9.17) is 0 Å². The first-order valence-corrected chi connectivity index (χ1v) is 4.99. The number of hydrogen-bond acceptors (Lipinski definition) is 5. The fourth-order valence-corrected chi connectivity index (χ4v) is 1.72. The van der Waals surface area contributed by atoms with Crippen molar-refractivity contribution in [3.8, 4) is 0 Å². The molecular weight excluding hydrogens is 202 g/mol. The van der Waals surface area contributed by atoms with Crippen molar-refractivity contribution >= 4 is 24.5 Å². The van der Waals surface area contributed by atoms with E-state index in [0.717, 1.165) is 0 Å². The Balaban J connectivity index is 2.16. The van der Waals surface area contributed by atoms with Crippen molar-refractivity contribution < 1.29 is 4.79 Å². The van der Waals surface area contributed by atoms with Crippen LogP contribution in [-0.4, -0.2) is 38.4 Å². The van der Waals surface area contributed by atoms with E-state index in [2.05, 4.69) is 28.0 Å². The van der Waals surface area contributed by atoms with E-state index in [0.29, 0.717) is 30.6 Å². The van der Waals surface area contributed by atoms with Crippen LogP contribution in [0, 0.1) is 5.92 Å². The van der Waals surface area contributed by atoms with Crippen molar-refractivity contribution in [3.05, 3.63) is 0 Å². The molecule has 0 N–H and O–H groups in total. The van der Waals surface area contributed by atoms with Crippen molar-refractivity contribution in [2.75, 3.05) is 17.2 Å². The molecule has 1 unspecified atom stereocenters. The summed E-state index contributed by atoms with van der Waals surface area (Å²) in [6.07, 6.45) is 0.530. The lowest BCUT2D eigenvalue weighted by Gasteiger charge is -2.09. The van der Waals surface area contributed by atoms with Gasteiger partial charge in [-0.15, -0.1) is 5.10 Å². The first-order valence-electron chi connectivity index (χ1n) is 4.36. The fraction of sp³-hybridized carbons (Fsp3) is 0.714. The van der Waals surface area contributed by atoms with E-state index >= 15 is 0 Å². The van der Waals surface area contributed by atoms with Crippen molar-refractivity contribution in [3.63, 3.8) is 0 Å². The van der Waals surface area contributed by atoms with Crippen molar-refractivity contribution in [1.29, 1.82) is 0 Å². The number of carbonyl (C=O) groups is 1. The molecule has 0 spiro atoms. The zero-order chi connectivity index (χ0) is 10.1. The summed E-state index contributed by atoms with van der Waals surface area (Å²) in [6, 6.07) is 0. The van der Waals surface area contributed by atoms with Crippen LogP contribution in [0.2, 0.25) is 0 Å². The molecule has 2 heterocycles. The Hall–Kier alpha value is -1.11. The monoisotopic (exact) mass is 213 g/mol. The van der Waals surface area contributed by atoms with Gasteiger partial charge >= 0.3 is 0 Å². The van der Waals surface area contributed by atoms with Gasteiger partial charge in [-0.3, -0.25) is 9.69 Å². The maximum Gasteiger partial charge on any atom is 0.272 e. The molecule has 0 aliphatic carbocycles. The minimum absolute atomic E-state index is 0.0528. The van der Waals surface area contributed by atoms with Crippen molar-refractivity contribution in [1.82, 2.24) is 20.2 Å². The molecule has 6 nitrogen and oxygen atoms in total. The van der Waals surface area contributed by atoms with Crippen molar-refractivity contribution in [2.24, 2.45) is 13.0 Å². The van der Waals surface area contributed by atoms with E-state index in [-0.39, 0.29) is 5.91 Å². The molecule has 14 heavy (non-hydrogen) atoms. The van der Waals surface area contributed by atoms with Gasteiger partial charge in [0.2, 0.25) is 5.91 Å². The van der Waals surface area contributed by atoms with Gasteiger partial charge in [0.15, 0.2) is 0 Å².